The first-order valence-electron chi connectivity index (χ1n) is 9.02. The Hall–Kier alpha value is -2.88. The number of H-pyrrole nitrogens is 1. The Balaban J connectivity index is 1.29. The maximum Gasteiger partial charge on any atom is 0.407 e. The summed E-state index contributed by atoms with van der Waals surface area (Å²) in [4.78, 5) is 24.0. The van der Waals surface area contributed by atoms with Crippen molar-refractivity contribution in [1.82, 2.24) is 25.3 Å². The Morgan fingerprint density at radius 3 is 2.96 bits per heavy atom. The van der Waals surface area contributed by atoms with E-state index in [1.54, 1.807) is 25.4 Å². The van der Waals surface area contributed by atoms with Gasteiger partial charge in [0, 0.05) is 31.8 Å². The second-order valence-corrected chi connectivity index (χ2v) is 6.86. The van der Waals surface area contributed by atoms with E-state index in [0.717, 1.165) is 25.0 Å². The lowest BCUT2D eigenvalue weighted by Gasteiger charge is -2.26. The monoisotopic (exact) mass is 374 g/mol. The number of aromatic amines is 1. The number of aryl methyl sites for hydroxylation is 1. The lowest BCUT2D eigenvalue weighted by atomic mass is 9.93. The number of nitrogens with zero attached hydrogens (tertiary/aromatic N) is 3. The fourth-order valence-corrected chi connectivity index (χ4v) is 3.14. The normalized spacial score (nSPS) is 22.3. The van der Waals surface area contributed by atoms with Gasteiger partial charge in [-0.25, -0.2) is 4.79 Å². The molecule has 1 saturated carbocycles. The highest BCUT2D eigenvalue weighted by atomic mass is 16.6. The zero-order chi connectivity index (χ0) is 18.8. The number of carbonyl (C=O) groups excluding carboxylic acids is 2. The molecule has 1 aliphatic heterocycles. The predicted molar refractivity (Wildman–Crippen MR) is 94.1 cm³/mol. The Labute approximate surface area is 155 Å². The number of hydrogen-bond donors (Lipinski definition) is 3. The molecular formula is C17H22N6O4. The van der Waals surface area contributed by atoms with Gasteiger partial charge in [0.1, 0.15) is 17.9 Å². The first-order chi connectivity index (χ1) is 13.1. The van der Waals surface area contributed by atoms with Crippen LogP contribution in [0.1, 0.15) is 48.0 Å². The van der Waals surface area contributed by atoms with Crippen molar-refractivity contribution in [2.24, 2.45) is 7.05 Å². The molecule has 3 heterocycles. The highest BCUT2D eigenvalue weighted by molar-refractivity contribution is 6.02. The van der Waals surface area contributed by atoms with E-state index < -0.39 is 0 Å². The zero-order valence-corrected chi connectivity index (χ0v) is 15.0. The summed E-state index contributed by atoms with van der Waals surface area (Å²) in [7, 11) is 1.69. The third-order valence-corrected chi connectivity index (χ3v) is 4.90. The van der Waals surface area contributed by atoms with Gasteiger partial charge >= 0.3 is 6.09 Å². The van der Waals surface area contributed by atoms with Crippen LogP contribution in [0.4, 0.5) is 10.6 Å². The molecule has 1 aliphatic carbocycles. The number of anilines is 1. The van der Waals surface area contributed by atoms with Crippen molar-refractivity contribution < 1.29 is 19.1 Å². The fourth-order valence-electron chi connectivity index (χ4n) is 3.14. The summed E-state index contributed by atoms with van der Waals surface area (Å²) in [6, 6.07) is 3.59. The lowest BCUT2D eigenvalue weighted by Crippen LogP contribution is -2.41. The van der Waals surface area contributed by atoms with Crippen LogP contribution in [0, 0.1) is 0 Å². The minimum atomic E-state index is -0.386. The van der Waals surface area contributed by atoms with Crippen LogP contribution in [0.15, 0.2) is 18.3 Å². The van der Waals surface area contributed by atoms with Crippen molar-refractivity contribution in [2.45, 2.75) is 43.9 Å². The minimum Gasteiger partial charge on any atom is -0.444 e. The van der Waals surface area contributed by atoms with Crippen molar-refractivity contribution in [3.05, 3.63) is 29.7 Å². The summed E-state index contributed by atoms with van der Waals surface area (Å²) < 4.78 is 12.6. The Kier molecular flexibility index (Phi) is 4.80. The summed E-state index contributed by atoms with van der Waals surface area (Å²) >= 11 is 0. The molecule has 0 bridgehead atoms. The fraction of sp³-hybridized carbons (Fsp3) is 0.529. The van der Waals surface area contributed by atoms with Gasteiger partial charge in [0.15, 0.2) is 5.82 Å². The second-order valence-electron chi connectivity index (χ2n) is 6.86. The van der Waals surface area contributed by atoms with Crippen LogP contribution in [0.3, 0.4) is 0 Å². The van der Waals surface area contributed by atoms with Gasteiger partial charge in [-0.15, -0.1) is 0 Å². The van der Waals surface area contributed by atoms with Crippen LogP contribution in [0.5, 0.6) is 0 Å². The van der Waals surface area contributed by atoms with Crippen molar-refractivity contribution >= 4 is 17.8 Å². The molecule has 2 atom stereocenters. The van der Waals surface area contributed by atoms with E-state index in [2.05, 4.69) is 25.9 Å². The van der Waals surface area contributed by atoms with Crippen LogP contribution >= 0.6 is 0 Å². The summed E-state index contributed by atoms with van der Waals surface area (Å²) in [5, 5.41) is 16.5. The van der Waals surface area contributed by atoms with E-state index in [1.165, 1.54) is 4.68 Å². The number of aromatic nitrogens is 4. The van der Waals surface area contributed by atoms with E-state index in [9.17, 15) is 9.59 Å². The molecule has 2 aromatic rings. The van der Waals surface area contributed by atoms with Gasteiger partial charge in [-0.3, -0.25) is 14.6 Å². The van der Waals surface area contributed by atoms with E-state index in [1.807, 2.05) is 0 Å². The summed E-state index contributed by atoms with van der Waals surface area (Å²) in [5.41, 5.74) is 1.16. The van der Waals surface area contributed by atoms with Crippen molar-refractivity contribution in [3.63, 3.8) is 0 Å². The molecule has 2 aromatic heterocycles. The van der Waals surface area contributed by atoms with E-state index in [4.69, 9.17) is 9.47 Å². The molecule has 4 rings (SSSR count). The number of ether oxygens (including phenoxy) is 2. The van der Waals surface area contributed by atoms with Gasteiger partial charge in [0.25, 0.3) is 5.91 Å². The van der Waals surface area contributed by atoms with Gasteiger partial charge < -0.3 is 20.1 Å². The van der Waals surface area contributed by atoms with Gasteiger partial charge in [-0.05, 0) is 25.3 Å². The minimum absolute atomic E-state index is 0.244. The van der Waals surface area contributed by atoms with Gasteiger partial charge in [0.2, 0.25) is 0 Å². The molecule has 27 heavy (non-hydrogen) atoms. The number of hydrogen-bond acceptors (Lipinski definition) is 6. The van der Waals surface area contributed by atoms with Crippen molar-refractivity contribution in [1.29, 1.82) is 0 Å². The largest absolute Gasteiger partial charge is 0.444 e. The summed E-state index contributed by atoms with van der Waals surface area (Å²) in [5.74, 6) is 0.0983. The number of alkyl carbamates (subject to hydrolysis) is 1. The zero-order valence-electron chi connectivity index (χ0n) is 15.0. The molecule has 2 aliphatic rings. The molecular weight excluding hydrogens is 352 g/mol. The smallest absolute Gasteiger partial charge is 0.407 e. The van der Waals surface area contributed by atoms with E-state index in [0.29, 0.717) is 24.5 Å². The molecule has 144 valence electrons. The molecule has 1 saturated heterocycles. The maximum atomic E-state index is 12.2. The molecule has 0 spiro atoms. The summed E-state index contributed by atoms with van der Waals surface area (Å²) in [6.07, 6.45) is 4.32. The molecule has 3 N–H and O–H groups in total. The van der Waals surface area contributed by atoms with Gasteiger partial charge in [-0.2, -0.15) is 10.2 Å². The number of carbonyl (C=O) groups is 2. The summed E-state index contributed by atoms with van der Waals surface area (Å²) in [6.45, 7) is 0.332. The molecule has 10 heteroatoms. The second kappa shape index (κ2) is 7.39. The molecule has 10 nitrogen and oxygen atoms in total. The Bertz CT molecular complexity index is 827. The average Bonchev–Trinajstić information content (AvgIpc) is 3.32. The van der Waals surface area contributed by atoms with Crippen molar-refractivity contribution in [2.75, 3.05) is 11.9 Å². The van der Waals surface area contributed by atoms with Crippen LogP contribution < -0.4 is 10.6 Å². The number of nitrogens with one attached hydrogen (secondary N) is 3. The lowest BCUT2D eigenvalue weighted by molar-refractivity contribution is 0.0660. The molecule has 2 fully saturated rings. The van der Waals surface area contributed by atoms with Crippen LogP contribution in [0.25, 0.3) is 0 Å². The van der Waals surface area contributed by atoms with E-state index >= 15 is 0 Å². The molecule has 0 unspecified atom stereocenters. The SMILES string of the molecule is Cn1nccc1C(=O)Nc1cc([C@H]2C[C@@H](OC(=O)NC3CCC3)CO2)[nH]n1. The van der Waals surface area contributed by atoms with E-state index in [-0.39, 0.29) is 30.3 Å². The third-order valence-electron chi connectivity index (χ3n) is 4.90. The van der Waals surface area contributed by atoms with Gasteiger partial charge in [-0.1, -0.05) is 0 Å². The number of amides is 2. The standard InChI is InChI=1S/C17H22N6O4/c1-23-13(5-6-18-23)16(24)20-15-8-12(21-22-15)14-7-11(9-26-14)27-17(25)19-10-3-2-4-10/h5-6,8,10-11,14H,2-4,7,9H2,1H3,(H,19,25)(H2,20,21,22,24)/t11-,14-/m1/s1. The highest BCUT2D eigenvalue weighted by Crippen LogP contribution is 2.30. The van der Waals surface area contributed by atoms with Gasteiger partial charge in [0.05, 0.1) is 12.3 Å². The highest BCUT2D eigenvalue weighted by Gasteiger charge is 2.32. The molecule has 2 amide bonds. The quantitative estimate of drug-likeness (QED) is 0.729. The average molecular weight is 374 g/mol. The maximum absolute atomic E-state index is 12.2. The topological polar surface area (TPSA) is 123 Å². The Morgan fingerprint density at radius 1 is 1.41 bits per heavy atom. The molecule has 0 aromatic carbocycles. The Morgan fingerprint density at radius 2 is 2.26 bits per heavy atom. The third kappa shape index (κ3) is 3.95. The van der Waals surface area contributed by atoms with Crippen LogP contribution in [-0.2, 0) is 16.5 Å². The molecule has 0 radical (unpaired) electrons. The van der Waals surface area contributed by atoms with Crippen molar-refractivity contribution in [3.8, 4) is 0 Å². The first kappa shape index (κ1) is 17.5. The van der Waals surface area contributed by atoms with Crippen LogP contribution in [-0.4, -0.2) is 50.7 Å². The number of rotatable bonds is 5. The predicted octanol–water partition coefficient (Wildman–Crippen LogP) is 1.50. The van der Waals surface area contributed by atoms with Crippen LogP contribution in [0.2, 0.25) is 0 Å². The first-order valence-corrected chi connectivity index (χ1v) is 9.02.